The molecule has 1 aliphatic heterocycles. The van der Waals surface area contributed by atoms with Gasteiger partial charge in [-0.1, -0.05) is 32.9 Å². The number of hydrogen-bond donors (Lipinski definition) is 3. The summed E-state index contributed by atoms with van der Waals surface area (Å²) < 4.78 is 38.8. The van der Waals surface area contributed by atoms with Crippen molar-refractivity contribution in [2.24, 2.45) is 5.41 Å². The van der Waals surface area contributed by atoms with E-state index >= 15 is 0 Å². The first-order valence-electron chi connectivity index (χ1n) is 12.8. The van der Waals surface area contributed by atoms with E-state index in [4.69, 9.17) is 9.47 Å². The molecule has 0 aliphatic carbocycles. The highest BCUT2D eigenvalue weighted by Gasteiger charge is 2.28. The molecule has 204 valence electrons. The minimum atomic E-state index is -1.05. The van der Waals surface area contributed by atoms with E-state index in [0.29, 0.717) is 12.2 Å². The largest absolute Gasteiger partial charge is 0.493 e. The molecule has 0 saturated carbocycles. The Labute approximate surface area is 218 Å². The molecule has 0 aromatic heterocycles. The number of carbonyl (C=O) groups excluding carboxylic acids is 1. The van der Waals surface area contributed by atoms with Crippen LogP contribution in [0.4, 0.5) is 13.6 Å². The number of rotatable bonds is 8. The molecule has 0 radical (unpaired) electrons. The van der Waals surface area contributed by atoms with Crippen LogP contribution < -0.4 is 15.4 Å². The molecule has 37 heavy (non-hydrogen) atoms. The molecule has 1 amide bonds. The number of carbonyl (C=O) groups is 1. The summed E-state index contributed by atoms with van der Waals surface area (Å²) in [5.74, 6) is -0.624. The molecule has 1 aliphatic rings. The van der Waals surface area contributed by atoms with E-state index in [-0.39, 0.29) is 24.4 Å². The van der Waals surface area contributed by atoms with Crippen LogP contribution in [-0.2, 0) is 17.6 Å². The van der Waals surface area contributed by atoms with Crippen LogP contribution in [0.25, 0.3) is 0 Å². The fourth-order valence-corrected chi connectivity index (χ4v) is 4.51. The first-order valence-corrected chi connectivity index (χ1v) is 12.8. The summed E-state index contributed by atoms with van der Waals surface area (Å²) in [6.07, 6.45) is -0.101. The molecule has 6 nitrogen and oxygen atoms in total. The zero-order valence-electron chi connectivity index (χ0n) is 22.7. The number of alkyl carbamates (subject to hydrolysis) is 1. The van der Waals surface area contributed by atoms with Crippen molar-refractivity contribution >= 4 is 6.09 Å². The van der Waals surface area contributed by atoms with E-state index in [1.165, 1.54) is 17.7 Å². The van der Waals surface area contributed by atoms with E-state index in [0.717, 1.165) is 30.2 Å². The zero-order chi connectivity index (χ0) is 27.4. The smallest absolute Gasteiger partial charge is 0.407 e. The SMILES string of the molecule is CC(C)(C)Cc1ccc2c(c1)[C@@H](NCC(O)[C@H](Cc1cc(F)cc(F)c1)NC(=O)OC(C)(C)C)CCO2. The van der Waals surface area contributed by atoms with Gasteiger partial charge < -0.3 is 25.2 Å². The third kappa shape index (κ3) is 9.27. The highest BCUT2D eigenvalue weighted by molar-refractivity contribution is 5.68. The van der Waals surface area contributed by atoms with E-state index in [2.05, 4.69) is 43.5 Å². The van der Waals surface area contributed by atoms with Crippen molar-refractivity contribution in [1.29, 1.82) is 0 Å². The maximum Gasteiger partial charge on any atom is 0.407 e. The van der Waals surface area contributed by atoms with Gasteiger partial charge in [0.2, 0.25) is 0 Å². The van der Waals surface area contributed by atoms with E-state index in [1.807, 2.05) is 6.07 Å². The lowest BCUT2D eigenvalue weighted by molar-refractivity contribution is 0.0418. The Balaban J connectivity index is 1.74. The fourth-order valence-electron chi connectivity index (χ4n) is 4.51. The summed E-state index contributed by atoms with van der Waals surface area (Å²) in [6.45, 7) is 12.5. The van der Waals surface area contributed by atoms with Gasteiger partial charge in [-0.15, -0.1) is 0 Å². The Kier molecular flexibility index (Phi) is 9.18. The molecule has 3 N–H and O–H groups in total. The number of hydrogen-bond acceptors (Lipinski definition) is 5. The molecule has 3 rings (SSSR count). The van der Waals surface area contributed by atoms with Crippen LogP contribution in [0.5, 0.6) is 5.75 Å². The lowest BCUT2D eigenvalue weighted by atomic mass is 9.86. The molecule has 0 fully saturated rings. The Morgan fingerprint density at radius 3 is 2.38 bits per heavy atom. The lowest BCUT2D eigenvalue weighted by Gasteiger charge is -2.31. The van der Waals surface area contributed by atoms with E-state index < -0.39 is 35.5 Å². The van der Waals surface area contributed by atoms with Crippen molar-refractivity contribution in [2.45, 2.75) is 84.6 Å². The van der Waals surface area contributed by atoms with Gasteiger partial charge in [0.05, 0.1) is 18.8 Å². The Hall–Kier alpha value is -2.71. The van der Waals surface area contributed by atoms with Crippen LogP contribution in [0.2, 0.25) is 0 Å². The first kappa shape index (κ1) is 28.9. The van der Waals surface area contributed by atoms with Crippen LogP contribution >= 0.6 is 0 Å². The second kappa shape index (κ2) is 11.8. The van der Waals surface area contributed by atoms with Gasteiger partial charge in [0.15, 0.2) is 0 Å². The summed E-state index contributed by atoms with van der Waals surface area (Å²) in [7, 11) is 0. The summed E-state index contributed by atoms with van der Waals surface area (Å²) in [5.41, 5.74) is 1.96. The second-order valence-electron chi connectivity index (χ2n) is 12.0. The van der Waals surface area contributed by atoms with Gasteiger partial charge in [-0.25, -0.2) is 13.6 Å². The van der Waals surface area contributed by atoms with E-state index in [1.54, 1.807) is 20.8 Å². The summed E-state index contributed by atoms with van der Waals surface area (Å²) in [5, 5.41) is 17.2. The van der Waals surface area contributed by atoms with Crippen molar-refractivity contribution in [1.82, 2.24) is 10.6 Å². The molecule has 0 saturated heterocycles. The summed E-state index contributed by atoms with van der Waals surface area (Å²) >= 11 is 0. The Bertz CT molecular complexity index is 1060. The number of amides is 1. The monoisotopic (exact) mass is 518 g/mol. The summed E-state index contributed by atoms with van der Waals surface area (Å²) in [6, 6.07) is 8.51. The van der Waals surface area contributed by atoms with Crippen LogP contribution in [0.3, 0.4) is 0 Å². The van der Waals surface area contributed by atoms with Gasteiger partial charge in [-0.05, 0) is 68.4 Å². The minimum Gasteiger partial charge on any atom is -0.493 e. The van der Waals surface area contributed by atoms with Gasteiger partial charge in [-0.3, -0.25) is 0 Å². The average molecular weight is 519 g/mol. The number of fused-ring (bicyclic) bond motifs is 1. The standard InChI is InChI=1S/C29H40F2N2O4/c1-28(2,3)16-18-7-8-26-22(13-18)23(9-10-36-26)32-17-25(34)24(33-27(35)37-29(4,5)6)14-19-11-20(30)15-21(31)12-19/h7-8,11-13,15,23-25,32,34H,9-10,14,16-17H2,1-6H3,(H,33,35)/t23-,24-,25?/m0/s1. The Morgan fingerprint density at radius 1 is 1.08 bits per heavy atom. The quantitative estimate of drug-likeness (QED) is 0.432. The molecule has 1 heterocycles. The third-order valence-corrected chi connectivity index (χ3v) is 5.97. The maximum absolute atomic E-state index is 13.8. The van der Waals surface area contributed by atoms with E-state index in [9.17, 15) is 18.7 Å². The Morgan fingerprint density at radius 2 is 1.76 bits per heavy atom. The molecule has 3 atom stereocenters. The number of aliphatic hydroxyl groups excluding tert-OH is 1. The normalized spacial score (nSPS) is 17.4. The van der Waals surface area contributed by atoms with Crippen molar-refractivity contribution in [3.8, 4) is 5.75 Å². The highest BCUT2D eigenvalue weighted by atomic mass is 19.1. The third-order valence-electron chi connectivity index (χ3n) is 5.97. The second-order valence-corrected chi connectivity index (χ2v) is 12.0. The van der Waals surface area contributed by atoms with Crippen molar-refractivity contribution < 1.29 is 28.2 Å². The van der Waals surface area contributed by atoms with Crippen molar-refractivity contribution in [2.75, 3.05) is 13.2 Å². The molecule has 2 aromatic rings. The van der Waals surface area contributed by atoms with Crippen molar-refractivity contribution in [3.63, 3.8) is 0 Å². The average Bonchev–Trinajstić information content (AvgIpc) is 2.74. The lowest BCUT2D eigenvalue weighted by Crippen LogP contribution is -2.50. The molecule has 2 aromatic carbocycles. The minimum absolute atomic E-state index is 0.0247. The van der Waals surface area contributed by atoms with Crippen molar-refractivity contribution in [3.05, 3.63) is 64.7 Å². The zero-order valence-corrected chi connectivity index (χ0v) is 22.7. The van der Waals surface area contributed by atoms with Gasteiger partial charge in [0.1, 0.15) is 23.0 Å². The predicted molar refractivity (Wildman–Crippen MR) is 140 cm³/mol. The predicted octanol–water partition coefficient (Wildman–Crippen LogP) is 5.46. The molecule has 1 unspecified atom stereocenters. The van der Waals surface area contributed by atoms with Crippen LogP contribution in [0.15, 0.2) is 36.4 Å². The van der Waals surface area contributed by atoms with Gasteiger partial charge in [-0.2, -0.15) is 0 Å². The number of ether oxygens (including phenoxy) is 2. The topological polar surface area (TPSA) is 79.8 Å². The van der Waals surface area contributed by atoms with Gasteiger partial charge in [0.25, 0.3) is 0 Å². The number of aliphatic hydroxyl groups is 1. The first-order chi connectivity index (χ1) is 17.2. The molecular formula is C29H40F2N2O4. The maximum atomic E-state index is 13.8. The number of nitrogens with one attached hydrogen (secondary N) is 2. The van der Waals surface area contributed by atoms with Crippen LogP contribution in [0, 0.1) is 17.0 Å². The number of benzene rings is 2. The summed E-state index contributed by atoms with van der Waals surface area (Å²) in [4.78, 5) is 12.5. The molecule has 8 heteroatoms. The molecule has 0 bridgehead atoms. The fraction of sp³-hybridized carbons (Fsp3) is 0.552. The highest BCUT2D eigenvalue weighted by Crippen LogP contribution is 2.34. The van der Waals surface area contributed by atoms with Crippen LogP contribution in [-0.4, -0.2) is 42.1 Å². The van der Waals surface area contributed by atoms with Gasteiger partial charge in [0, 0.05) is 30.6 Å². The molecular weight excluding hydrogens is 478 g/mol. The van der Waals surface area contributed by atoms with Gasteiger partial charge >= 0.3 is 6.09 Å². The van der Waals surface area contributed by atoms with Crippen LogP contribution in [0.1, 0.15) is 70.7 Å². The molecule has 0 spiro atoms. The number of halogens is 2.